The van der Waals surface area contributed by atoms with Crippen molar-refractivity contribution < 1.29 is 19.1 Å². The highest BCUT2D eigenvalue weighted by atomic mass is 16.5. The van der Waals surface area contributed by atoms with Crippen molar-refractivity contribution in [2.45, 2.75) is 58.3 Å². The number of carbonyl (C=O) groups excluding carboxylic acids is 2. The predicted octanol–water partition coefficient (Wildman–Crippen LogP) is 2.95. The van der Waals surface area contributed by atoms with Crippen LogP contribution < -0.4 is 0 Å². The number of hydrogen-bond acceptors (Lipinski definition) is 6. The molecule has 6 heteroatoms. The molecule has 0 radical (unpaired) electrons. The number of likely N-dealkylation sites (N-methyl/N-ethyl adjacent to an activating group) is 1. The Hall–Kier alpha value is -1.14. The Morgan fingerprint density at radius 2 is 1.43 bits per heavy atom. The Morgan fingerprint density at radius 3 is 2.00 bits per heavy atom. The van der Waals surface area contributed by atoms with Crippen molar-refractivity contribution in [3.63, 3.8) is 0 Å². The zero-order valence-electron chi connectivity index (χ0n) is 18.9. The summed E-state index contributed by atoms with van der Waals surface area (Å²) in [6.45, 7) is 7.55. The summed E-state index contributed by atoms with van der Waals surface area (Å²) in [5.74, 6) is 2.40. The lowest BCUT2D eigenvalue weighted by Gasteiger charge is -2.56. The van der Waals surface area contributed by atoms with Crippen molar-refractivity contribution in [1.29, 1.82) is 0 Å². The van der Waals surface area contributed by atoms with E-state index >= 15 is 0 Å². The smallest absolute Gasteiger partial charge is 0.307 e. The quantitative estimate of drug-likeness (QED) is 0.535. The van der Waals surface area contributed by atoms with Crippen LogP contribution in [0.1, 0.15) is 58.3 Å². The number of ether oxygens (including phenoxy) is 2. The van der Waals surface area contributed by atoms with Gasteiger partial charge in [0, 0.05) is 38.6 Å². The Morgan fingerprint density at radius 1 is 0.900 bits per heavy atom. The lowest BCUT2D eigenvalue weighted by molar-refractivity contribution is -0.154. The van der Waals surface area contributed by atoms with Crippen LogP contribution in [-0.4, -0.2) is 74.7 Å². The molecule has 0 amide bonds. The number of carbonyl (C=O) groups is 2. The van der Waals surface area contributed by atoms with Crippen LogP contribution >= 0.6 is 0 Å². The van der Waals surface area contributed by atoms with Gasteiger partial charge in [-0.15, -0.1) is 0 Å². The van der Waals surface area contributed by atoms with Gasteiger partial charge in [-0.05, 0) is 68.7 Å². The third-order valence-electron chi connectivity index (χ3n) is 7.97. The summed E-state index contributed by atoms with van der Waals surface area (Å²) >= 11 is 0. The van der Waals surface area contributed by atoms with Gasteiger partial charge in [-0.1, -0.05) is 6.92 Å². The molecule has 170 valence electrons. The van der Waals surface area contributed by atoms with Crippen LogP contribution in [0.4, 0.5) is 0 Å². The number of piperazine rings is 1. The summed E-state index contributed by atoms with van der Waals surface area (Å²) in [5.41, 5.74) is 0.227. The highest BCUT2D eigenvalue weighted by molar-refractivity contribution is 5.70. The average molecular weight is 421 g/mol. The molecule has 1 saturated heterocycles. The van der Waals surface area contributed by atoms with E-state index in [1.165, 1.54) is 38.5 Å². The molecule has 0 aromatic heterocycles. The zero-order chi connectivity index (χ0) is 21.1. The number of nitrogens with zero attached hydrogens (tertiary/aromatic N) is 2. The second-order valence-electron chi connectivity index (χ2n) is 11.0. The van der Waals surface area contributed by atoms with E-state index in [9.17, 15) is 9.59 Å². The SMILES string of the molecule is CC(COC(=O)CCN1CCN(C)CC1)COC(=O)CC12CC3CC(CC(C3)C1)C2. The van der Waals surface area contributed by atoms with Gasteiger partial charge in [-0.2, -0.15) is 0 Å². The molecule has 30 heavy (non-hydrogen) atoms. The molecule has 1 heterocycles. The van der Waals surface area contributed by atoms with Crippen LogP contribution in [0.15, 0.2) is 0 Å². The van der Waals surface area contributed by atoms with Crippen molar-refractivity contribution >= 4 is 11.9 Å². The summed E-state index contributed by atoms with van der Waals surface area (Å²) in [6.07, 6.45) is 8.90. The molecule has 1 aliphatic heterocycles. The van der Waals surface area contributed by atoms with Gasteiger partial charge in [-0.25, -0.2) is 0 Å². The molecule has 4 aliphatic carbocycles. The minimum Gasteiger partial charge on any atom is -0.465 e. The second kappa shape index (κ2) is 9.56. The van der Waals surface area contributed by atoms with E-state index in [2.05, 4.69) is 16.8 Å². The molecule has 5 aliphatic rings. The van der Waals surface area contributed by atoms with Crippen molar-refractivity contribution in [3.05, 3.63) is 0 Å². The van der Waals surface area contributed by atoms with Crippen LogP contribution in [0.3, 0.4) is 0 Å². The topological polar surface area (TPSA) is 59.1 Å². The van der Waals surface area contributed by atoms with Gasteiger partial charge in [0.2, 0.25) is 0 Å². The number of esters is 2. The fraction of sp³-hybridized carbons (Fsp3) is 0.917. The second-order valence-corrected chi connectivity index (χ2v) is 11.0. The Bertz CT molecular complexity index is 579. The van der Waals surface area contributed by atoms with E-state index in [4.69, 9.17) is 9.47 Å². The molecule has 4 bridgehead atoms. The minimum atomic E-state index is -0.152. The van der Waals surface area contributed by atoms with E-state index in [1.807, 2.05) is 6.92 Å². The van der Waals surface area contributed by atoms with Gasteiger partial charge in [0.05, 0.1) is 26.1 Å². The summed E-state index contributed by atoms with van der Waals surface area (Å²) in [4.78, 5) is 29.2. The van der Waals surface area contributed by atoms with Gasteiger partial charge in [0.1, 0.15) is 0 Å². The third-order valence-corrected chi connectivity index (χ3v) is 7.97. The van der Waals surface area contributed by atoms with E-state index in [0.717, 1.165) is 50.5 Å². The van der Waals surface area contributed by atoms with E-state index in [1.54, 1.807) is 0 Å². The highest BCUT2D eigenvalue weighted by Gasteiger charge is 2.51. The largest absolute Gasteiger partial charge is 0.465 e. The molecule has 5 fully saturated rings. The number of hydrogen-bond donors (Lipinski definition) is 0. The Labute approximate surface area is 181 Å². The summed E-state index contributed by atoms with van der Waals surface area (Å²) < 4.78 is 11.0. The Kier molecular flexibility index (Phi) is 7.03. The first-order valence-corrected chi connectivity index (χ1v) is 12.1. The van der Waals surface area contributed by atoms with E-state index < -0.39 is 0 Å². The predicted molar refractivity (Wildman–Crippen MR) is 115 cm³/mol. The Balaban J connectivity index is 1.09. The van der Waals surface area contributed by atoms with Crippen LogP contribution in [-0.2, 0) is 19.1 Å². The molecule has 0 spiro atoms. The van der Waals surface area contributed by atoms with Gasteiger partial charge in [-0.3, -0.25) is 9.59 Å². The first-order chi connectivity index (χ1) is 14.4. The maximum atomic E-state index is 12.5. The van der Waals surface area contributed by atoms with E-state index in [0.29, 0.717) is 26.1 Å². The van der Waals surface area contributed by atoms with Crippen molar-refractivity contribution in [2.24, 2.45) is 29.1 Å². The normalized spacial score (nSPS) is 34.7. The maximum Gasteiger partial charge on any atom is 0.307 e. The lowest BCUT2D eigenvalue weighted by Crippen LogP contribution is -2.47. The average Bonchev–Trinajstić information content (AvgIpc) is 2.69. The molecule has 0 N–H and O–H groups in total. The van der Waals surface area contributed by atoms with Crippen LogP contribution in [0, 0.1) is 29.1 Å². The zero-order valence-corrected chi connectivity index (χ0v) is 18.9. The lowest BCUT2D eigenvalue weighted by atomic mass is 9.49. The van der Waals surface area contributed by atoms with Gasteiger partial charge in [0.25, 0.3) is 0 Å². The fourth-order valence-corrected chi connectivity index (χ4v) is 6.78. The van der Waals surface area contributed by atoms with Crippen LogP contribution in [0.2, 0.25) is 0 Å². The van der Waals surface area contributed by atoms with Gasteiger partial charge in [0.15, 0.2) is 0 Å². The molecule has 1 atom stereocenters. The van der Waals surface area contributed by atoms with Gasteiger partial charge >= 0.3 is 11.9 Å². The molecule has 6 nitrogen and oxygen atoms in total. The first kappa shape index (κ1) is 22.1. The monoisotopic (exact) mass is 420 g/mol. The fourth-order valence-electron chi connectivity index (χ4n) is 6.78. The van der Waals surface area contributed by atoms with Crippen LogP contribution in [0.5, 0.6) is 0 Å². The molecule has 5 rings (SSSR count). The van der Waals surface area contributed by atoms with Crippen molar-refractivity contribution in [1.82, 2.24) is 9.80 Å². The summed E-state index contributed by atoms with van der Waals surface area (Å²) in [7, 11) is 2.13. The maximum absolute atomic E-state index is 12.5. The van der Waals surface area contributed by atoms with E-state index in [-0.39, 0.29) is 23.3 Å². The van der Waals surface area contributed by atoms with Crippen molar-refractivity contribution in [3.8, 4) is 0 Å². The standard InChI is InChI=1S/C24H40N2O4/c1-18(16-29-22(27)3-4-26-7-5-25(2)6-8-26)17-30-23(28)15-24-12-19-9-20(13-24)11-21(10-19)14-24/h18-21H,3-17H2,1-2H3. The van der Waals surface area contributed by atoms with Gasteiger partial charge < -0.3 is 19.3 Å². The third kappa shape index (κ3) is 5.76. The molecule has 1 unspecified atom stereocenters. The molecular weight excluding hydrogens is 380 g/mol. The number of rotatable bonds is 9. The molecule has 4 saturated carbocycles. The molecule has 0 aromatic carbocycles. The van der Waals surface area contributed by atoms with Crippen LogP contribution in [0.25, 0.3) is 0 Å². The molecular formula is C24H40N2O4. The summed E-state index contributed by atoms with van der Waals surface area (Å²) in [6, 6.07) is 0. The molecule has 0 aromatic rings. The summed E-state index contributed by atoms with van der Waals surface area (Å²) in [5, 5.41) is 0. The first-order valence-electron chi connectivity index (χ1n) is 12.1. The van der Waals surface area contributed by atoms with Crippen molar-refractivity contribution in [2.75, 3.05) is 53.0 Å². The minimum absolute atomic E-state index is 0.0397. The highest BCUT2D eigenvalue weighted by Crippen LogP contribution is 2.61.